The number of quaternary nitrogens is 1. The van der Waals surface area contributed by atoms with Gasteiger partial charge in [0.15, 0.2) is 0 Å². The van der Waals surface area contributed by atoms with Gasteiger partial charge in [-0.15, -0.1) is 0 Å². The maximum atomic E-state index is 13.4. The molecule has 2 unspecified atom stereocenters. The number of rotatable bonds is 7. The Morgan fingerprint density at radius 2 is 1.49 bits per heavy atom. The van der Waals surface area contributed by atoms with Gasteiger partial charge in [-0.3, -0.25) is 4.79 Å². The van der Waals surface area contributed by atoms with Crippen molar-refractivity contribution in [3.63, 3.8) is 0 Å². The van der Waals surface area contributed by atoms with Crippen LogP contribution in [0.25, 0.3) is 10.8 Å². The number of halogens is 3. The highest BCUT2D eigenvalue weighted by atomic mass is 35.5. The van der Waals surface area contributed by atoms with Crippen LogP contribution in [0.3, 0.4) is 0 Å². The molecule has 2 heterocycles. The van der Waals surface area contributed by atoms with Crippen LogP contribution in [-0.4, -0.2) is 29.4 Å². The average molecular weight is 524 g/mol. The Morgan fingerprint density at radius 1 is 0.838 bits per heavy atom. The summed E-state index contributed by atoms with van der Waals surface area (Å²) in [6, 6.07) is 21.0. The van der Waals surface area contributed by atoms with E-state index in [1.54, 1.807) is 21.7 Å². The summed E-state index contributed by atoms with van der Waals surface area (Å²) in [5.41, 5.74) is 2.96. The summed E-state index contributed by atoms with van der Waals surface area (Å²) >= 11 is 0. The van der Waals surface area contributed by atoms with E-state index in [0.29, 0.717) is 11.8 Å². The number of likely N-dealkylation sites (tertiary alicyclic amines) is 1. The number of benzene rings is 3. The molecule has 37 heavy (non-hydrogen) atoms. The third kappa shape index (κ3) is 6.62. The molecular formula is C30H32ClF2N3O. The summed E-state index contributed by atoms with van der Waals surface area (Å²) in [6.07, 6.45) is 5.45. The van der Waals surface area contributed by atoms with Gasteiger partial charge in [-0.25, -0.2) is 13.5 Å². The predicted octanol–water partition coefficient (Wildman–Crippen LogP) is 1.51. The summed E-state index contributed by atoms with van der Waals surface area (Å²) in [4.78, 5) is 15.0. The van der Waals surface area contributed by atoms with E-state index in [0.717, 1.165) is 68.4 Å². The molecule has 0 amide bonds. The molecule has 3 aromatic carbocycles. The molecule has 1 aliphatic heterocycles. The van der Waals surface area contributed by atoms with E-state index < -0.39 is 0 Å². The van der Waals surface area contributed by atoms with Gasteiger partial charge < -0.3 is 17.3 Å². The van der Waals surface area contributed by atoms with Crippen LogP contribution in [0.4, 0.5) is 8.78 Å². The Balaban J connectivity index is 0.00000320. The summed E-state index contributed by atoms with van der Waals surface area (Å²) in [5.74, 6) is -0.453. The van der Waals surface area contributed by atoms with Crippen LogP contribution in [-0.2, 0) is 12.8 Å². The first-order valence-electron chi connectivity index (χ1n) is 12.9. The Kier molecular flexibility index (Phi) is 9.06. The summed E-state index contributed by atoms with van der Waals surface area (Å²) in [6.45, 7) is 3.16. The number of fused-ring (bicyclic) bond motifs is 1. The van der Waals surface area contributed by atoms with Crippen molar-refractivity contribution < 1.29 is 26.1 Å². The van der Waals surface area contributed by atoms with Crippen LogP contribution in [0.1, 0.15) is 48.5 Å². The second kappa shape index (κ2) is 12.4. The second-order valence-corrected chi connectivity index (χ2v) is 9.86. The molecule has 1 aromatic heterocycles. The van der Waals surface area contributed by atoms with E-state index in [-0.39, 0.29) is 35.6 Å². The van der Waals surface area contributed by atoms with Gasteiger partial charge in [0.2, 0.25) is 0 Å². The van der Waals surface area contributed by atoms with Crippen LogP contribution in [0.15, 0.2) is 77.6 Å². The molecule has 7 heteroatoms. The van der Waals surface area contributed by atoms with Gasteiger partial charge >= 0.3 is 0 Å². The molecule has 0 bridgehead atoms. The first-order chi connectivity index (χ1) is 17.6. The Hall–Kier alpha value is -3.09. The minimum absolute atomic E-state index is 0. The van der Waals surface area contributed by atoms with Crippen molar-refractivity contribution in [2.45, 2.75) is 44.6 Å². The fourth-order valence-corrected chi connectivity index (χ4v) is 5.36. The average Bonchev–Trinajstić information content (AvgIpc) is 3.14. The number of nitrogens with zero attached hydrogens (tertiary/aromatic N) is 2. The predicted molar refractivity (Wildman–Crippen MR) is 138 cm³/mol. The van der Waals surface area contributed by atoms with Crippen molar-refractivity contribution in [1.29, 1.82) is 0 Å². The molecule has 0 saturated carbocycles. The van der Waals surface area contributed by atoms with E-state index >= 15 is 0 Å². The van der Waals surface area contributed by atoms with Gasteiger partial charge in [-0.2, -0.15) is 5.10 Å². The number of aromatic nitrogens is 2. The first-order valence-corrected chi connectivity index (χ1v) is 12.9. The van der Waals surface area contributed by atoms with Gasteiger partial charge in [0.1, 0.15) is 11.6 Å². The van der Waals surface area contributed by atoms with Crippen molar-refractivity contribution in [3.05, 3.63) is 112 Å². The summed E-state index contributed by atoms with van der Waals surface area (Å²) < 4.78 is 28.3. The Morgan fingerprint density at radius 3 is 2.19 bits per heavy atom. The van der Waals surface area contributed by atoms with Crippen molar-refractivity contribution in [2.24, 2.45) is 0 Å². The molecular weight excluding hydrogens is 492 g/mol. The highest BCUT2D eigenvalue weighted by Gasteiger charge is 2.24. The third-order valence-corrected chi connectivity index (χ3v) is 7.34. The largest absolute Gasteiger partial charge is 1.00 e. The fraction of sp³-hybridized carbons (Fsp3) is 0.333. The quantitative estimate of drug-likeness (QED) is 0.399. The summed E-state index contributed by atoms with van der Waals surface area (Å²) in [5, 5.41) is 6.45. The van der Waals surface area contributed by atoms with Gasteiger partial charge in [0.25, 0.3) is 5.56 Å². The third-order valence-electron chi connectivity index (χ3n) is 7.34. The van der Waals surface area contributed by atoms with Gasteiger partial charge in [-0.1, -0.05) is 42.5 Å². The smallest absolute Gasteiger partial charge is 0.274 e. The van der Waals surface area contributed by atoms with Crippen LogP contribution >= 0.6 is 0 Å². The molecule has 0 spiro atoms. The first kappa shape index (κ1) is 27.0. The highest BCUT2D eigenvalue weighted by Crippen LogP contribution is 2.22. The fourth-order valence-electron chi connectivity index (χ4n) is 5.36. The van der Waals surface area contributed by atoms with Crippen LogP contribution in [0.5, 0.6) is 0 Å². The zero-order chi connectivity index (χ0) is 24.9. The molecule has 2 atom stereocenters. The minimum Gasteiger partial charge on any atom is -1.00 e. The lowest BCUT2D eigenvalue weighted by Gasteiger charge is -2.19. The number of hydrogen-bond donors (Lipinski definition) is 1. The number of nitrogens with one attached hydrogen (secondary N) is 1. The molecule has 194 valence electrons. The number of aryl methyl sites for hydroxylation is 1. The monoisotopic (exact) mass is 523 g/mol. The summed E-state index contributed by atoms with van der Waals surface area (Å²) in [7, 11) is 0. The molecule has 0 radical (unpaired) electrons. The Labute approximate surface area is 222 Å². The van der Waals surface area contributed by atoms with Crippen molar-refractivity contribution in [3.8, 4) is 0 Å². The van der Waals surface area contributed by atoms with Gasteiger partial charge in [0.05, 0.1) is 36.8 Å². The van der Waals surface area contributed by atoms with E-state index in [1.165, 1.54) is 29.8 Å². The zero-order valence-electron chi connectivity index (χ0n) is 20.8. The van der Waals surface area contributed by atoms with Crippen LogP contribution in [0, 0.1) is 11.6 Å². The Bertz CT molecular complexity index is 1370. The zero-order valence-corrected chi connectivity index (χ0v) is 21.6. The standard InChI is InChI=1S/C30H31F2N3O.ClH/c31-24-13-9-22(10-14-24)5-3-18-34-19-4-6-26(17-20-34)35-30(36)28-8-2-1-7-27(28)29(33-35)21-23-11-15-25(32)16-12-23;/h1-2,7-16,26H,3-6,17-21H2;1H. The molecule has 5 rings (SSSR count). The van der Waals surface area contributed by atoms with Crippen molar-refractivity contribution in [1.82, 2.24) is 9.78 Å². The normalized spacial score (nSPS) is 17.8. The second-order valence-electron chi connectivity index (χ2n) is 9.86. The van der Waals surface area contributed by atoms with Gasteiger partial charge in [0, 0.05) is 24.6 Å². The highest BCUT2D eigenvalue weighted by molar-refractivity contribution is 5.83. The van der Waals surface area contributed by atoms with Crippen LogP contribution in [0.2, 0.25) is 0 Å². The van der Waals surface area contributed by atoms with Crippen LogP contribution < -0.4 is 22.9 Å². The molecule has 4 aromatic rings. The molecule has 1 fully saturated rings. The van der Waals surface area contributed by atoms with Crippen molar-refractivity contribution in [2.75, 3.05) is 19.6 Å². The lowest BCUT2D eigenvalue weighted by Crippen LogP contribution is -3.11. The SMILES string of the molecule is O=c1c2ccccc2c(Cc2ccc(F)cc2)nn1C1CCC[NH+](CCCc2ccc(F)cc2)CC1.[Cl-]. The van der Waals surface area contributed by atoms with Crippen molar-refractivity contribution >= 4 is 10.8 Å². The topological polar surface area (TPSA) is 39.3 Å². The molecule has 1 aliphatic rings. The minimum atomic E-state index is -0.260. The maximum Gasteiger partial charge on any atom is 0.274 e. The van der Waals surface area contributed by atoms with E-state index in [9.17, 15) is 13.6 Å². The molecule has 1 saturated heterocycles. The lowest BCUT2D eigenvalue weighted by atomic mass is 10.0. The maximum absolute atomic E-state index is 13.4. The lowest BCUT2D eigenvalue weighted by molar-refractivity contribution is -0.899. The molecule has 1 N–H and O–H groups in total. The molecule has 4 nitrogen and oxygen atoms in total. The molecule has 0 aliphatic carbocycles. The van der Waals surface area contributed by atoms with E-state index in [2.05, 4.69) is 0 Å². The van der Waals surface area contributed by atoms with Gasteiger partial charge in [-0.05, 0) is 60.7 Å². The van der Waals surface area contributed by atoms with E-state index in [4.69, 9.17) is 5.10 Å². The van der Waals surface area contributed by atoms with E-state index in [1.807, 2.05) is 36.4 Å². The number of hydrogen-bond acceptors (Lipinski definition) is 2.